The average molecular weight is 210 g/mol. The van der Waals surface area contributed by atoms with Gasteiger partial charge in [-0.2, -0.15) is 0 Å². The number of hydrogen-bond acceptors (Lipinski definition) is 4. The van der Waals surface area contributed by atoms with E-state index in [1.54, 1.807) is 6.07 Å². The van der Waals surface area contributed by atoms with Crippen LogP contribution in [0.4, 0.5) is 0 Å². The standard InChI is InChI=1S/C10H10O5/c1-13-4-7-6(10(11)12)2-3-8-9(7)15-5-14-8/h2-3H,4-5H2,1H3,(H,11,12). The summed E-state index contributed by atoms with van der Waals surface area (Å²) in [6, 6.07) is 3.08. The molecule has 2 rings (SSSR count). The molecule has 1 aromatic rings. The van der Waals surface area contributed by atoms with Crippen molar-refractivity contribution < 1.29 is 24.1 Å². The fourth-order valence-electron chi connectivity index (χ4n) is 1.52. The topological polar surface area (TPSA) is 65.0 Å². The summed E-state index contributed by atoms with van der Waals surface area (Å²) in [5, 5.41) is 8.97. The molecule has 0 fully saturated rings. The van der Waals surface area contributed by atoms with Crippen molar-refractivity contribution in [3.63, 3.8) is 0 Å². The van der Waals surface area contributed by atoms with Gasteiger partial charge in [-0.05, 0) is 12.1 Å². The van der Waals surface area contributed by atoms with Crippen LogP contribution in [0.15, 0.2) is 12.1 Å². The normalized spacial score (nSPS) is 12.9. The van der Waals surface area contributed by atoms with Crippen LogP contribution in [0.3, 0.4) is 0 Å². The number of aromatic carboxylic acids is 1. The van der Waals surface area contributed by atoms with E-state index in [9.17, 15) is 4.79 Å². The Hall–Kier alpha value is -1.75. The van der Waals surface area contributed by atoms with Gasteiger partial charge in [0.1, 0.15) is 0 Å². The molecule has 15 heavy (non-hydrogen) atoms. The quantitative estimate of drug-likeness (QED) is 0.813. The van der Waals surface area contributed by atoms with Gasteiger partial charge in [0.25, 0.3) is 0 Å². The molecule has 0 spiro atoms. The second-order valence-electron chi connectivity index (χ2n) is 3.06. The molecule has 1 N–H and O–H groups in total. The molecule has 1 aliphatic heterocycles. The Balaban J connectivity index is 2.52. The Morgan fingerprint density at radius 1 is 1.53 bits per heavy atom. The minimum Gasteiger partial charge on any atom is -0.478 e. The van der Waals surface area contributed by atoms with Crippen LogP contribution in [0.25, 0.3) is 0 Å². The second-order valence-corrected chi connectivity index (χ2v) is 3.06. The molecule has 80 valence electrons. The van der Waals surface area contributed by atoms with E-state index >= 15 is 0 Å². The highest BCUT2D eigenvalue weighted by Gasteiger charge is 2.23. The zero-order chi connectivity index (χ0) is 10.8. The number of ether oxygens (including phenoxy) is 3. The lowest BCUT2D eigenvalue weighted by Gasteiger charge is -2.08. The molecule has 0 bridgehead atoms. The molecule has 5 heteroatoms. The number of fused-ring (bicyclic) bond motifs is 1. The van der Waals surface area contributed by atoms with E-state index in [1.807, 2.05) is 0 Å². The van der Waals surface area contributed by atoms with Crippen LogP contribution >= 0.6 is 0 Å². The lowest BCUT2D eigenvalue weighted by molar-refractivity contribution is 0.0690. The van der Waals surface area contributed by atoms with Gasteiger partial charge < -0.3 is 19.3 Å². The van der Waals surface area contributed by atoms with Crippen LogP contribution < -0.4 is 9.47 Å². The van der Waals surface area contributed by atoms with Gasteiger partial charge in [0.15, 0.2) is 11.5 Å². The van der Waals surface area contributed by atoms with Crippen molar-refractivity contribution in [3.8, 4) is 11.5 Å². The number of carboxylic acids is 1. The molecule has 1 aromatic carbocycles. The van der Waals surface area contributed by atoms with Crippen molar-refractivity contribution in [2.75, 3.05) is 13.9 Å². The third-order valence-electron chi connectivity index (χ3n) is 2.16. The smallest absolute Gasteiger partial charge is 0.336 e. The molecular formula is C10H10O5. The lowest BCUT2D eigenvalue weighted by atomic mass is 10.1. The van der Waals surface area contributed by atoms with E-state index in [-0.39, 0.29) is 19.0 Å². The van der Waals surface area contributed by atoms with Gasteiger partial charge >= 0.3 is 5.97 Å². The Morgan fingerprint density at radius 2 is 2.33 bits per heavy atom. The molecule has 0 aliphatic carbocycles. The summed E-state index contributed by atoms with van der Waals surface area (Å²) in [7, 11) is 1.50. The number of methoxy groups -OCH3 is 1. The van der Waals surface area contributed by atoms with Crippen molar-refractivity contribution in [1.82, 2.24) is 0 Å². The van der Waals surface area contributed by atoms with Gasteiger partial charge in [-0.15, -0.1) is 0 Å². The van der Waals surface area contributed by atoms with E-state index in [4.69, 9.17) is 19.3 Å². The molecule has 0 saturated carbocycles. The van der Waals surface area contributed by atoms with E-state index in [1.165, 1.54) is 13.2 Å². The number of carboxylic acid groups (broad SMARTS) is 1. The monoisotopic (exact) mass is 210 g/mol. The maximum atomic E-state index is 10.9. The first-order valence-electron chi connectivity index (χ1n) is 4.37. The highest BCUT2D eigenvalue weighted by Crippen LogP contribution is 2.37. The SMILES string of the molecule is COCc1c(C(=O)O)ccc2c1OCO2. The van der Waals surface area contributed by atoms with Crippen LogP contribution in [0, 0.1) is 0 Å². The molecule has 0 atom stereocenters. The Bertz CT molecular complexity index is 399. The summed E-state index contributed by atoms with van der Waals surface area (Å²) in [6.45, 7) is 0.309. The summed E-state index contributed by atoms with van der Waals surface area (Å²) in [6.07, 6.45) is 0. The maximum absolute atomic E-state index is 10.9. The molecule has 1 heterocycles. The third-order valence-corrected chi connectivity index (χ3v) is 2.16. The van der Waals surface area contributed by atoms with Crippen molar-refractivity contribution in [1.29, 1.82) is 0 Å². The zero-order valence-electron chi connectivity index (χ0n) is 8.15. The number of carbonyl (C=O) groups is 1. The lowest BCUT2D eigenvalue weighted by Crippen LogP contribution is -2.04. The molecule has 0 radical (unpaired) electrons. The van der Waals surface area contributed by atoms with Crippen molar-refractivity contribution >= 4 is 5.97 Å². The molecule has 5 nitrogen and oxygen atoms in total. The first-order valence-corrected chi connectivity index (χ1v) is 4.37. The molecule has 0 unspecified atom stereocenters. The van der Waals surface area contributed by atoms with E-state index in [2.05, 4.69) is 0 Å². The third kappa shape index (κ3) is 1.61. The Labute approximate surface area is 86.2 Å². The van der Waals surface area contributed by atoms with Gasteiger partial charge in [-0.25, -0.2) is 4.79 Å². The van der Waals surface area contributed by atoms with E-state index in [0.717, 1.165) is 0 Å². The summed E-state index contributed by atoms with van der Waals surface area (Å²) in [5.41, 5.74) is 0.695. The Morgan fingerprint density at radius 3 is 3.00 bits per heavy atom. The van der Waals surface area contributed by atoms with Gasteiger partial charge in [0, 0.05) is 12.7 Å². The number of hydrogen-bond donors (Lipinski definition) is 1. The molecule has 0 amide bonds. The fourth-order valence-corrected chi connectivity index (χ4v) is 1.52. The van der Waals surface area contributed by atoms with Crippen LogP contribution in [0.2, 0.25) is 0 Å². The largest absolute Gasteiger partial charge is 0.478 e. The van der Waals surface area contributed by atoms with Crippen molar-refractivity contribution in [2.24, 2.45) is 0 Å². The molecule has 0 saturated heterocycles. The summed E-state index contributed by atoms with van der Waals surface area (Å²) >= 11 is 0. The highest BCUT2D eigenvalue weighted by molar-refractivity contribution is 5.90. The summed E-state index contributed by atoms with van der Waals surface area (Å²) in [4.78, 5) is 10.9. The highest BCUT2D eigenvalue weighted by atomic mass is 16.7. The van der Waals surface area contributed by atoms with Gasteiger partial charge in [0.2, 0.25) is 6.79 Å². The molecular weight excluding hydrogens is 200 g/mol. The fraction of sp³-hybridized carbons (Fsp3) is 0.300. The first-order chi connectivity index (χ1) is 7.24. The van der Waals surface area contributed by atoms with E-state index in [0.29, 0.717) is 17.1 Å². The predicted octanol–water partition coefficient (Wildman–Crippen LogP) is 1.26. The maximum Gasteiger partial charge on any atom is 0.336 e. The van der Waals surface area contributed by atoms with Crippen LogP contribution in [-0.4, -0.2) is 25.0 Å². The molecule has 1 aliphatic rings. The zero-order valence-corrected chi connectivity index (χ0v) is 8.15. The molecule has 0 aromatic heterocycles. The van der Waals surface area contributed by atoms with Crippen LogP contribution in [-0.2, 0) is 11.3 Å². The van der Waals surface area contributed by atoms with Gasteiger partial charge in [-0.3, -0.25) is 0 Å². The van der Waals surface area contributed by atoms with Gasteiger partial charge in [0.05, 0.1) is 12.2 Å². The predicted molar refractivity (Wildman–Crippen MR) is 50.2 cm³/mol. The van der Waals surface area contributed by atoms with Crippen molar-refractivity contribution in [2.45, 2.75) is 6.61 Å². The summed E-state index contributed by atoms with van der Waals surface area (Å²) < 4.78 is 15.3. The van der Waals surface area contributed by atoms with Gasteiger partial charge in [-0.1, -0.05) is 0 Å². The van der Waals surface area contributed by atoms with Crippen LogP contribution in [0.1, 0.15) is 15.9 Å². The number of benzene rings is 1. The first kappa shape index (κ1) is 9.79. The van der Waals surface area contributed by atoms with Crippen LogP contribution in [0.5, 0.6) is 11.5 Å². The number of rotatable bonds is 3. The summed E-state index contributed by atoms with van der Waals surface area (Å²) in [5.74, 6) is 0.0316. The second kappa shape index (κ2) is 3.78. The minimum atomic E-state index is -1.000. The average Bonchev–Trinajstić information content (AvgIpc) is 2.66. The van der Waals surface area contributed by atoms with Crippen molar-refractivity contribution in [3.05, 3.63) is 23.3 Å². The minimum absolute atomic E-state index is 0.120. The van der Waals surface area contributed by atoms with E-state index < -0.39 is 5.97 Å². The Kier molecular flexibility index (Phi) is 2.47.